The second-order valence-corrected chi connectivity index (χ2v) is 6.80. The van der Waals surface area contributed by atoms with Crippen LogP contribution in [0.2, 0.25) is 0 Å². The molecule has 1 atom stereocenters. The second kappa shape index (κ2) is 9.85. The third-order valence-corrected chi connectivity index (χ3v) is 4.64. The molecule has 172 valence electrons. The third kappa shape index (κ3) is 4.61. The van der Waals surface area contributed by atoms with Crippen LogP contribution >= 0.6 is 0 Å². The van der Waals surface area contributed by atoms with Gasteiger partial charge in [-0.05, 0) is 24.3 Å². The van der Waals surface area contributed by atoms with Crippen LogP contribution in [-0.4, -0.2) is 68.0 Å². The molecule has 0 aliphatic heterocycles. The monoisotopic (exact) mass is 450 g/mol. The number of ether oxygens (including phenoxy) is 2. The van der Waals surface area contributed by atoms with E-state index < -0.39 is 66.9 Å². The van der Waals surface area contributed by atoms with E-state index in [0.717, 1.165) is 6.07 Å². The Morgan fingerprint density at radius 2 is 1.56 bits per heavy atom. The third-order valence-electron chi connectivity index (χ3n) is 4.64. The van der Waals surface area contributed by atoms with Crippen molar-refractivity contribution in [1.82, 2.24) is 0 Å². The van der Waals surface area contributed by atoms with Gasteiger partial charge in [0.25, 0.3) is 0 Å². The molecule has 0 saturated carbocycles. The van der Waals surface area contributed by atoms with Gasteiger partial charge in [0.2, 0.25) is 11.2 Å². The standard InChI is InChI=1S/C21H22O11/c22-6-12(7-23)31-16(8-24)30-9-13-14(26)5-15(27)17-18(28)19(29)20(32-21(13)17)10-1-3-11(25)4-2-10/h1-5,12,16,22-27,29H,6-9H2. The predicted octanol–water partition coefficient (Wildman–Crippen LogP) is 0.487. The molecule has 1 unspecified atom stereocenters. The van der Waals surface area contributed by atoms with E-state index in [2.05, 4.69) is 0 Å². The van der Waals surface area contributed by atoms with Gasteiger partial charge in [-0.25, -0.2) is 0 Å². The van der Waals surface area contributed by atoms with E-state index in [1.54, 1.807) is 0 Å². The number of hydrogen-bond acceptors (Lipinski definition) is 11. The number of aliphatic hydroxyl groups excluding tert-OH is 3. The highest BCUT2D eigenvalue weighted by atomic mass is 16.7. The minimum absolute atomic E-state index is 0.0557. The lowest BCUT2D eigenvalue weighted by Crippen LogP contribution is -2.32. The molecular formula is C21H22O11. The van der Waals surface area contributed by atoms with Gasteiger partial charge in [0.15, 0.2) is 17.6 Å². The highest BCUT2D eigenvalue weighted by Gasteiger charge is 2.24. The van der Waals surface area contributed by atoms with E-state index >= 15 is 0 Å². The molecule has 3 aromatic rings. The number of benzene rings is 2. The summed E-state index contributed by atoms with van der Waals surface area (Å²) >= 11 is 0. The van der Waals surface area contributed by atoms with E-state index in [4.69, 9.17) is 24.1 Å². The Hall–Kier alpha value is -3.35. The first kappa shape index (κ1) is 23.3. The summed E-state index contributed by atoms with van der Waals surface area (Å²) in [5.41, 5.74) is -1.12. The number of aromatic hydroxyl groups is 4. The number of aliphatic hydroxyl groups is 3. The summed E-state index contributed by atoms with van der Waals surface area (Å²) in [5.74, 6) is -2.26. The fraction of sp³-hybridized carbons (Fsp3) is 0.286. The number of phenols is 3. The van der Waals surface area contributed by atoms with Crippen LogP contribution in [0.15, 0.2) is 39.5 Å². The minimum Gasteiger partial charge on any atom is -0.508 e. The first-order chi connectivity index (χ1) is 15.3. The Bertz CT molecular complexity index is 1130. The largest absolute Gasteiger partial charge is 0.508 e. The van der Waals surface area contributed by atoms with Crippen LogP contribution in [0, 0.1) is 0 Å². The maximum atomic E-state index is 12.7. The molecule has 11 nitrogen and oxygen atoms in total. The molecule has 0 fully saturated rings. The first-order valence-corrected chi connectivity index (χ1v) is 9.43. The maximum Gasteiger partial charge on any atom is 0.238 e. The zero-order chi connectivity index (χ0) is 23.4. The van der Waals surface area contributed by atoms with Crippen molar-refractivity contribution in [3.8, 4) is 34.3 Å². The van der Waals surface area contributed by atoms with Gasteiger partial charge >= 0.3 is 0 Å². The van der Waals surface area contributed by atoms with E-state index in [9.17, 15) is 30.3 Å². The summed E-state index contributed by atoms with van der Waals surface area (Å²) in [7, 11) is 0. The molecule has 0 aliphatic carbocycles. The van der Waals surface area contributed by atoms with Gasteiger partial charge < -0.3 is 49.6 Å². The predicted molar refractivity (Wildman–Crippen MR) is 109 cm³/mol. The quantitative estimate of drug-likeness (QED) is 0.225. The molecule has 0 radical (unpaired) electrons. The van der Waals surface area contributed by atoms with Crippen molar-refractivity contribution < 1.29 is 49.6 Å². The zero-order valence-corrected chi connectivity index (χ0v) is 16.6. The van der Waals surface area contributed by atoms with Crippen molar-refractivity contribution in [2.75, 3.05) is 19.8 Å². The van der Waals surface area contributed by atoms with Crippen molar-refractivity contribution in [3.05, 3.63) is 46.1 Å². The molecule has 1 aromatic heterocycles. The summed E-state index contributed by atoms with van der Waals surface area (Å²) in [6.07, 6.45) is -2.32. The van der Waals surface area contributed by atoms with Gasteiger partial charge in [-0.15, -0.1) is 0 Å². The molecule has 0 bridgehead atoms. The Morgan fingerprint density at radius 3 is 2.16 bits per heavy atom. The summed E-state index contributed by atoms with van der Waals surface area (Å²) in [6, 6.07) is 6.27. The average molecular weight is 450 g/mol. The highest BCUT2D eigenvalue weighted by Crippen LogP contribution is 2.38. The van der Waals surface area contributed by atoms with E-state index in [1.807, 2.05) is 0 Å². The maximum absolute atomic E-state index is 12.7. The van der Waals surface area contributed by atoms with Gasteiger partial charge in [0.1, 0.15) is 28.7 Å². The molecule has 1 heterocycles. The van der Waals surface area contributed by atoms with Crippen molar-refractivity contribution in [2.45, 2.75) is 19.0 Å². The lowest BCUT2D eigenvalue weighted by atomic mass is 10.1. The minimum atomic E-state index is -1.30. The summed E-state index contributed by atoms with van der Waals surface area (Å²) in [5, 5.41) is 67.5. The summed E-state index contributed by atoms with van der Waals surface area (Å²) in [4.78, 5) is 12.7. The van der Waals surface area contributed by atoms with Crippen LogP contribution in [0.1, 0.15) is 5.56 Å². The zero-order valence-electron chi connectivity index (χ0n) is 16.6. The van der Waals surface area contributed by atoms with Gasteiger partial charge in [-0.2, -0.15) is 0 Å². The van der Waals surface area contributed by atoms with E-state index in [0.29, 0.717) is 0 Å². The fourth-order valence-electron chi connectivity index (χ4n) is 2.99. The van der Waals surface area contributed by atoms with Gasteiger partial charge in [-0.1, -0.05) is 0 Å². The SMILES string of the molecule is O=c1c(O)c(-c2ccc(O)cc2)oc2c(COC(CO)OC(CO)CO)c(O)cc(O)c12. The van der Waals surface area contributed by atoms with E-state index in [1.165, 1.54) is 24.3 Å². The number of rotatable bonds is 9. The molecule has 7 N–H and O–H groups in total. The van der Waals surface area contributed by atoms with Crippen LogP contribution < -0.4 is 5.43 Å². The highest BCUT2D eigenvalue weighted by molar-refractivity contribution is 5.90. The number of hydrogen-bond donors (Lipinski definition) is 7. The topological polar surface area (TPSA) is 190 Å². The van der Waals surface area contributed by atoms with E-state index in [-0.39, 0.29) is 28.2 Å². The van der Waals surface area contributed by atoms with Crippen LogP contribution in [0.3, 0.4) is 0 Å². The van der Waals surface area contributed by atoms with Gasteiger partial charge in [-0.3, -0.25) is 4.79 Å². The summed E-state index contributed by atoms with van der Waals surface area (Å²) < 4.78 is 16.2. The Morgan fingerprint density at radius 1 is 0.906 bits per heavy atom. The number of fused-ring (bicyclic) bond motifs is 1. The number of phenolic OH excluding ortho intramolecular Hbond substituents is 3. The summed E-state index contributed by atoms with van der Waals surface area (Å²) in [6.45, 7) is -2.20. The Labute approximate surface area is 180 Å². The molecular weight excluding hydrogens is 428 g/mol. The molecule has 2 aromatic carbocycles. The Balaban J connectivity index is 2.08. The second-order valence-electron chi connectivity index (χ2n) is 6.80. The normalized spacial score (nSPS) is 12.5. The van der Waals surface area contributed by atoms with Gasteiger partial charge in [0, 0.05) is 11.6 Å². The molecule has 0 saturated heterocycles. The molecule has 11 heteroatoms. The average Bonchev–Trinajstić information content (AvgIpc) is 2.78. The van der Waals surface area contributed by atoms with Crippen LogP contribution in [0.5, 0.6) is 23.0 Å². The van der Waals surface area contributed by atoms with Crippen molar-refractivity contribution in [3.63, 3.8) is 0 Å². The van der Waals surface area contributed by atoms with Crippen LogP contribution in [0.4, 0.5) is 0 Å². The van der Waals surface area contributed by atoms with Gasteiger partial charge in [0.05, 0.1) is 32.0 Å². The lowest BCUT2D eigenvalue weighted by molar-refractivity contribution is -0.206. The van der Waals surface area contributed by atoms with Crippen molar-refractivity contribution in [2.24, 2.45) is 0 Å². The first-order valence-electron chi connectivity index (χ1n) is 9.43. The van der Waals surface area contributed by atoms with Crippen LogP contribution in [0.25, 0.3) is 22.3 Å². The lowest BCUT2D eigenvalue weighted by Gasteiger charge is -2.21. The van der Waals surface area contributed by atoms with Crippen LogP contribution in [-0.2, 0) is 16.1 Å². The fourth-order valence-corrected chi connectivity index (χ4v) is 2.99. The Kier molecular flexibility index (Phi) is 7.18. The molecule has 3 rings (SSSR count). The van der Waals surface area contributed by atoms with Crippen molar-refractivity contribution >= 4 is 11.0 Å². The molecule has 0 spiro atoms. The van der Waals surface area contributed by atoms with Crippen molar-refractivity contribution in [1.29, 1.82) is 0 Å². The molecule has 32 heavy (non-hydrogen) atoms. The molecule has 0 amide bonds. The smallest absolute Gasteiger partial charge is 0.238 e. The molecule has 0 aliphatic rings.